The summed E-state index contributed by atoms with van der Waals surface area (Å²) in [4.78, 5) is 38.5. The number of aliphatic hydroxyl groups is 3. The van der Waals surface area contributed by atoms with Crippen molar-refractivity contribution in [3.05, 3.63) is 121 Å². The van der Waals surface area contributed by atoms with E-state index in [4.69, 9.17) is 24.6 Å². The van der Waals surface area contributed by atoms with Crippen molar-refractivity contribution < 1.29 is 44.2 Å². The van der Waals surface area contributed by atoms with Crippen LogP contribution in [0.5, 0.6) is 17.2 Å². The van der Waals surface area contributed by atoms with Gasteiger partial charge in [-0.3, -0.25) is 4.79 Å². The van der Waals surface area contributed by atoms with Crippen LogP contribution in [0.2, 0.25) is 0 Å². The van der Waals surface area contributed by atoms with Gasteiger partial charge in [-0.05, 0) is 124 Å². The van der Waals surface area contributed by atoms with Crippen LogP contribution in [0.25, 0.3) is 11.0 Å². The fraction of sp³-hybridized carbons (Fsp3) is 0.462. The predicted octanol–water partition coefficient (Wildman–Crippen LogP) is 6.87. The van der Waals surface area contributed by atoms with Crippen LogP contribution in [0.4, 0.5) is 11.6 Å². The van der Waals surface area contributed by atoms with Gasteiger partial charge in [-0.1, -0.05) is 31.1 Å². The molecule has 6 heterocycles. The molecule has 66 heavy (non-hydrogen) atoms. The van der Waals surface area contributed by atoms with E-state index < -0.39 is 65.4 Å². The zero-order valence-electron chi connectivity index (χ0n) is 37.6. The molecule has 8 N–H and O–H groups in total. The van der Waals surface area contributed by atoms with Gasteiger partial charge in [0.1, 0.15) is 63.9 Å². The van der Waals surface area contributed by atoms with Crippen molar-refractivity contribution in [3.63, 3.8) is 0 Å². The molecule has 2 aromatic carbocycles. The van der Waals surface area contributed by atoms with E-state index in [9.17, 15) is 35.1 Å². The monoisotopic (exact) mass is 898 g/mol. The van der Waals surface area contributed by atoms with Crippen LogP contribution in [0.1, 0.15) is 134 Å². The number of carbonyl (C=O) groups is 1. The van der Waals surface area contributed by atoms with E-state index in [0.717, 1.165) is 59.8 Å². The molecule has 4 bridgehead atoms. The van der Waals surface area contributed by atoms with Crippen LogP contribution in [0.15, 0.2) is 69.7 Å². The molecule has 14 nitrogen and oxygen atoms in total. The molecule has 1 saturated carbocycles. The Labute approximate surface area is 382 Å². The molecule has 10 rings (SSSR count). The molecule has 3 aliphatic heterocycles. The first-order valence-electron chi connectivity index (χ1n) is 23.4. The van der Waals surface area contributed by atoms with Crippen LogP contribution < -0.4 is 21.2 Å². The Morgan fingerprint density at radius 3 is 2.58 bits per heavy atom. The summed E-state index contributed by atoms with van der Waals surface area (Å²) in [6, 6.07) is 10.7. The first-order chi connectivity index (χ1) is 31.7. The molecule has 3 aromatic heterocycles. The van der Waals surface area contributed by atoms with Crippen molar-refractivity contribution in [3.8, 4) is 17.2 Å². The molecule has 7 atom stereocenters. The van der Waals surface area contributed by atoms with E-state index in [1.807, 2.05) is 25.3 Å². The Hall–Kier alpha value is -5.96. The number of benzene rings is 2. The SMILES string of the molecule is CC=C(C(=O)OC1Cc2c3c(c4oc(CO)cc(=O)c4c2O)C2c4ccnc(N)c4C(CCc4ccc(O)cc4C2CO)CC(Cc2cnc4c(c2)CCC(C)N4)C1(C)O3)C1(O)CCCC1. The van der Waals surface area contributed by atoms with E-state index in [0.29, 0.717) is 55.2 Å². The molecule has 1 fully saturated rings. The number of carbonyl (C=O) groups excluding carboxylic acids is 1. The number of allylic oxidation sites excluding steroid dienone is 1. The summed E-state index contributed by atoms with van der Waals surface area (Å²) in [5.41, 5.74) is 9.40. The second-order valence-electron chi connectivity index (χ2n) is 19.5. The van der Waals surface area contributed by atoms with Crippen LogP contribution in [-0.4, -0.2) is 71.4 Å². The summed E-state index contributed by atoms with van der Waals surface area (Å²) in [5.74, 6) is -2.28. The molecule has 5 aromatic rings. The Morgan fingerprint density at radius 2 is 1.82 bits per heavy atom. The molecule has 2 aliphatic carbocycles. The normalized spacial score (nSPS) is 26.4. The Bertz CT molecular complexity index is 2850. The first kappa shape index (κ1) is 43.9. The van der Waals surface area contributed by atoms with E-state index in [1.54, 1.807) is 31.3 Å². The molecular weight excluding hydrogens is 841 g/mol. The van der Waals surface area contributed by atoms with Gasteiger partial charge in [0.05, 0.1) is 17.8 Å². The number of anilines is 2. The van der Waals surface area contributed by atoms with E-state index >= 15 is 0 Å². The third kappa shape index (κ3) is 7.19. The Kier molecular flexibility index (Phi) is 11.1. The zero-order valence-corrected chi connectivity index (χ0v) is 37.6. The van der Waals surface area contributed by atoms with E-state index in [-0.39, 0.29) is 63.6 Å². The maximum atomic E-state index is 14.7. The molecule has 0 saturated heterocycles. The van der Waals surface area contributed by atoms with E-state index in [2.05, 4.69) is 23.3 Å². The highest BCUT2D eigenvalue weighted by Crippen LogP contribution is 2.58. The van der Waals surface area contributed by atoms with Crippen molar-refractivity contribution >= 4 is 28.6 Å². The largest absolute Gasteiger partial charge is 0.508 e. The maximum absolute atomic E-state index is 14.7. The second kappa shape index (κ2) is 16.7. The van der Waals surface area contributed by atoms with E-state index in [1.165, 1.54) is 0 Å². The number of pyridine rings is 2. The summed E-state index contributed by atoms with van der Waals surface area (Å²) in [5, 5.41) is 60.8. The van der Waals surface area contributed by atoms with Crippen molar-refractivity contribution in [1.29, 1.82) is 0 Å². The number of rotatable bonds is 7. The van der Waals surface area contributed by atoms with Crippen LogP contribution >= 0.6 is 0 Å². The summed E-state index contributed by atoms with van der Waals surface area (Å²) in [7, 11) is 0. The number of aryl methyl sites for hydroxylation is 2. The Morgan fingerprint density at radius 1 is 1.03 bits per heavy atom. The van der Waals surface area contributed by atoms with Crippen LogP contribution in [0.3, 0.4) is 0 Å². The van der Waals surface area contributed by atoms with Gasteiger partial charge < -0.3 is 50.5 Å². The van der Waals surface area contributed by atoms with Crippen molar-refractivity contribution in [1.82, 2.24) is 9.97 Å². The summed E-state index contributed by atoms with van der Waals surface area (Å²) in [6.07, 6.45) is 10.1. The smallest absolute Gasteiger partial charge is 0.337 e. The van der Waals surface area contributed by atoms with Crippen LogP contribution in [0, 0.1) is 5.92 Å². The number of nitrogen functional groups attached to an aromatic ring is 1. The first-order valence-corrected chi connectivity index (χ1v) is 23.4. The third-order valence-electron chi connectivity index (χ3n) is 15.6. The average molecular weight is 899 g/mol. The molecule has 7 unspecified atom stereocenters. The standard InChI is InChI=1S/C52H58N4O10/c1-4-38(52(63)14-5-6-15-52)50(62)65-40-22-36-45(61)43-39(60)21-33(24-57)64-47(43)44-42-34-13-16-54-48(53)41(34)29(10-9-28-11-12-32(59)20-35(28)37(42)25-58)19-31(51(40,3)66-46(36)44)18-27-17-30-8-7-26(2)56-49(30)55-23-27/h4,11-13,16-17,20-21,23,26,29,31,37,40,42,57-59,61,63H,5-10,14-15,18-19,22,24-25H2,1-3H3,(H2,53,54)(H,55,56). The van der Waals surface area contributed by atoms with Gasteiger partial charge in [-0.2, -0.15) is 0 Å². The molecule has 14 heteroatoms. The van der Waals surface area contributed by atoms with Gasteiger partial charge in [-0.15, -0.1) is 0 Å². The quantitative estimate of drug-likeness (QED) is 0.0653. The second-order valence-corrected chi connectivity index (χ2v) is 19.5. The number of hydrogen-bond acceptors (Lipinski definition) is 14. The fourth-order valence-corrected chi connectivity index (χ4v) is 12.2. The summed E-state index contributed by atoms with van der Waals surface area (Å²) in [6.45, 7) is 4.73. The molecule has 0 spiro atoms. The maximum Gasteiger partial charge on any atom is 0.337 e. The number of fused-ring (bicyclic) bond motifs is 6. The minimum Gasteiger partial charge on any atom is -0.508 e. The molecule has 0 amide bonds. The topological polar surface area (TPSA) is 231 Å². The Balaban J connectivity index is 1.28. The number of nitrogens with zero attached hydrogens (tertiary/aromatic N) is 2. The molecule has 5 aliphatic rings. The number of aromatic hydroxyl groups is 2. The lowest BCUT2D eigenvalue weighted by Gasteiger charge is -2.49. The predicted molar refractivity (Wildman–Crippen MR) is 247 cm³/mol. The fourth-order valence-electron chi connectivity index (χ4n) is 12.2. The van der Waals surface area contributed by atoms with Crippen LogP contribution in [-0.2, 0) is 41.8 Å². The number of aromatic nitrogens is 2. The van der Waals surface area contributed by atoms with Crippen molar-refractivity contribution in [2.24, 2.45) is 5.92 Å². The van der Waals surface area contributed by atoms with Gasteiger partial charge in [0.25, 0.3) is 0 Å². The highest BCUT2D eigenvalue weighted by molar-refractivity contribution is 5.93. The lowest BCUT2D eigenvalue weighted by molar-refractivity contribution is -0.167. The lowest BCUT2D eigenvalue weighted by atomic mass is 9.67. The van der Waals surface area contributed by atoms with Gasteiger partial charge >= 0.3 is 5.97 Å². The van der Waals surface area contributed by atoms with Crippen molar-refractivity contribution in [2.45, 2.75) is 139 Å². The molecule has 0 radical (unpaired) electrons. The van der Waals surface area contributed by atoms with Gasteiger partial charge in [-0.25, -0.2) is 14.8 Å². The number of nitrogens with two attached hydrogens (primary N) is 1. The molecular formula is C52H58N4O10. The summed E-state index contributed by atoms with van der Waals surface area (Å²) < 4.78 is 20.7. The number of aliphatic hydroxyl groups excluding tert-OH is 2. The lowest BCUT2D eigenvalue weighted by Crippen LogP contribution is -2.57. The number of ether oxygens (including phenoxy) is 2. The minimum atomic E-state index is -1.38. The highest BCUT2D eigenvalue weighted by Gasteiger charge is 2.54. The zero-order chi connectivity index (χ0) is 46.2. The van der Waals surface area contributed by atoms with Gasteiger partial charge in [0, 0.05) is 65.4 Å². The number of phenolic OH excluding ortho intramolecular Hbond substituents is 2. The number of nitrogens with one attached hydrogen (secondary N) is 1. The van der Waals surface area contributed by atoms with Gasteiger partial charge in [0.15, 0.2) is 5.43 Å². The average Bonchev–Trinajstić information content (AvgIpc) is 3.75. The number of hydrogen-bond donors (Lipinski definition) is 7. The molecule has 346 valence electrons. The highest BCUT2D eigenvalue weighted by atomic mass is 16.6. The minimum absolute atomic E-state index is 0.00634. The number of phenols is 2. The van der Waals surface area contributed by atoms with Crippen molar-refractivity contribution in [2.75, 3.05) is 17.7 Å². The third-order valence-corrected chi connectivity index (χ3v) is 15.6. The van der Waals surface area contributed by atoms with Gasteiger partial charge in [0.2, 0.25) is 0 Å². The number of esters is 1. The summed E-state index contributed by atoms with van der Waals surface area (Å²) >= 11 is 0.